The van der Waals surface area contributed by atoms with Crippen LogP contribution in [0.15, 0.2) is 22.9 Å². The zero-order valence-corrected chi connectivity index (χ0v) is 11.2. The molecule has 0 spiro atoms. The van der Waals surface area contributed by atoms with Crippen LogP contribution in [0, 0.1) is 0 Å². The van der Waals surface area contributed by atoms with Crippen LogP contribution in [0.3, 0.4) is 0 Å². The fourth-order valence-corrected chi connectivity index (χ4v) is 3.19. The fraction of sp³-hybridized carbons (Fsp3) is 0.0909. The van der Waals surface area contributed by atoms with Gasteiger partial charge in [0.2, 0.25) is 5.91 Å². The number of rotatable bonds is 3. The monoisotopic (exact) mass is 281 g/mol. The first kappa shape index (κ1) is 12.6. The lowest BCUT2D eigenvalue weighted by molar-refractivity contribution is 0.100. The van der Waals surface area contributed by atoms with Crippen molar-refractivity contribution in [3.63, 3.8) is 0 Å². The van der Waals surface area contributed by atoms with Gasteiger partial charge in [-0.15, -0.1) is 11.3 Å². The van der Waals surface area contributed by atoms with Gasteiger partial charge in [-0.25, -0.2) is 4.79 Å². The standard InChI is InChI=1S/C11H11N3O2S2/c1-13-11(16)14-8-4-7(10(12)15)9(18-8)6-2-3-17-5-6/h2-5H,1H3,(H2,12,15)(H2,13,14,16). The Labute approximate surface area is 112 Å². The second-order valence-corrected chi connectivity index (χ2v) is 5.27. The molecule has 2 aromatic rings. The molecule has 0 atom stereocenters. The zero-order chi connectivity index (χ0) is 13.1. The van der Waals surface area contributed by atoms with Crippen LogP contribution in [0.25, 0.3) is 10.4 Å². The molecule has 94 valence electrons. The molecular formula is C11H11N3O2S2. The van der Waals surface area contributed by atoms with E-state index in [1.165, 1.54) is 29.7 Å². The van der Waals surface area contributed by atoms with Crippen molar-refractivity contribution in [1.29, 1.82) is 0 Å². The van der Waals surface area contributed by atoms with Gasteiger partial charge in [0.25, 0.3) is 0 Å². The number of urea groups is 1. The van der Waals surface area contributed by atoms with E-state index in [0.717, 1.165) is 10.4 Å². The van der Waals surface area contributed by atoms with E-state index in [-0.39, 0.29) is 6.03 Å². The number of thiophene rings is 2. The quantitative estimate of drug-likeness (QED) is 0.806. The normalized spacial score (nSPS) is 10.1. The molecule has 5 nitrogen and oxygen atoms in total. The van der Waals surface area contributed by atoms with Gasteiger partial charge in [0.1, 0.15) is 0 Å². The maximum Gasteiger partial charge on any atom is 0.319 e. The van der Waals surface area contributed by atoms with Crippen molar-refractivity contribution in [2.45, 2.75) is 0 Å². The summed E-state index contributed by atoms with van der Waals surface area (Å²) in [4.78, 5) is 23.4. The van der Waals surface area contributed by atoms with Crippen LogP contribution >= 0.6 is 22.7 Å². The minimum Gasteiger partial charge on any atom is -0.366 e. The lowest BCUT2D eigenvalue weighted by Crippen LogP contribution is -2.23. The second-order valence-electron chi connectivity index (χ2n) is 3.43. The van der Waals surface area contributed by atoms with E-state index in [2.05, 4.69) is 10.6 Å². The summed E-state index contributed by atoms with van der Waals surface area (Å²) in [6.07, 6.45) is 0. The first-order valence-corrected chi connectivity index (χ1v) is 6.82. The van der Waals surface area contributed by atoms with Crippen LogP contribution < -0.4 is 16.4 Å². The summed E-state index contributed by atoms with van der Waals surface area (Å²) in [5, 5.41) is 9.52. The number of hydrogen-bond donors (Lipinski definition) is 3. The van der Waals surface area contributed by atoms with Crippen molar-refractivity contribution < 1.29 is 9.59 Å². The summed E-state index contributed by atoms with van der Waals surface area (Å²) in [6.45, 7) is 0. The van der Waals surface area contributed by atoms with Crippen molar-refractivity contribution in [3.8, 4) is 10.4 Å². The molecule has 0 radical (unpaired) electrons. The van der Waals surface area contributed by atoms with Crippen LogP contribution in [0.5, 0.6) is 0 Å². The average Bonchev–Trinajstić information content (AvgIpc) is 2.95. The number of carbonyl (C=O) groups is 2. The van der Waals surface area contributed by atoms with Gasteiger partial charge in [-0.1, -0.05) is 0 Å². The minimum atomic E-state index is -0.502. The van der Waals surface area contributed by atoms with Gasteiger partial charge < -0.3 is 11.1 Å². The average molecular weight is 281 g/mol. The van der Waals surface area contributed by atoms with Gasteiger partial charge in [0, 0.05) is 12.6 Å². The number of anilines is 1. The Morgan fingerprint density at radius 2 is 2.17 bits per heavy atom. The Bertz CT molecular complexity index is 575. The van der Waals surface area contributed by atoms with Crippen molar-refractivity contribution in [2.24, 2.45) is 5.73 Å². The first-order chi connectivity index (χ1) is 8.61. The smallest absolute Gasteiger partial charge is 0.319 e. The summed E-state index contributed by atoms with van der Waals surface area (Å²) < 4.78 is 0. The number of hydrogen-bond acceptors (Lipinski definition) is 4. The Balaban J connectivity index is 2.39. The van der Waals surface area contributed by atoms with Gasteiger partial charge >= 0.3 is 6.03 Å². The van der Waals surface area contributed by atoms with Crippen LogP contribution in [0.2, 0.25) is 0 Å². The van der Waals surface area contributed by atoms with E-state index in [4.69, 9.17) is 5.73 Å². The third kappa shape index (κ3) is 2.52. The van der Waals surface area contributed by atoms with Gasteiger partial charge in [0.15, 0.2) is 0 Å². The van der Waals surface area contributed by atoms with Crippen LogP contribution in [0.1, 0.15) is 10.4 Å². The lowest BCUT2D eigenvalue weighted by atomic mass is 10.2. The molecule has 18 heavy (non-hydrogen) atoms. The Hall–Kier alpha value is -1.86. The number of nitrogens with two attached hydrogens (primary N) is 1. The molecular weight excluding hydrogens is 270 g/mol. The van der Waals surface area contributed by atoms with E-state index in [1.54, 1.807) is 6.07 Å². The molecule has 0 saturated heterocycles. The van der Waals surface area contributed by atoms with E-state index in [1.807, 2.05) is 16.8 Å². The minimum absolute atomic E-state index is 0.330. The first-order valence-electron chi connectivity index (χ1n) is 5.06. The molecule has 7 heteroatoms. The molecule has 0 saturated carbocycles. The van der Waals surface area contributed by atoms with Gasteiger partial charge in [0.05, 0.1) is 15.4 Å². The number of amides is 3. The Kier molecular flexibility index (Phi) is 3.63. The maximum atomic E-state index is 11.4. The summed E-state index contributed by atoms with van der Waals surface area (Å²) in [7, 11) is 1.53. The van der Waals surface area contributed by atoms with E-state index in [0.29, 0.717) is 10.6 Å². The Morgan fingerprint density at radius 1 is 1.39 bits per heavy atom. The van der Waals surface area contributed by atoms with Crippen LogP contribution in [-0.4, -0.2) is 19.0 Å². The highest BCUT2D eigenvalue weighted by Crippen LogP contribution is 2.36. The van der Waals surface area contributed by atoms with Gasteiger partial charge in [-0.3, -0.25) is 10.1 Å². The molecule has 2 rings (SSSR count). The highest BCUT2D eigenvalue weighted by Gasteiger charge is 2.16. The van der Waals surface area contributed by atoms with Crippen LogP contribution in [-0.2, 0) is 0 Å². The van der Waals surface area contributed by atoms with Crippen molar-refractivity contribution in [3.05, 3.63) is 28.5 Å². The third-order valence-corrected chi connectivity index (χ3v) is 4.03. The van der Waals surface area contributed by atoms with Crippen molar-refractivity contribution >= 4 is 39.6 Å². The highest BCUT2D eigenvalue weighted by molar-refractivity contribution is 7.20. The molecule has 0 aliphatic heterocycles. The molecule has 0 bridgehead atoms. The van der Waals surface area contributed by atoms with Gasteiger partial charge in [-0.2, -0.15) is 11.3 Å². The lowest BCUT2D eigenvalue weighted by Gasteiger charge is -1.98. The molecule has 2 aromatic heterocycles. The number of primary amides is 1. The highest BCUT2D eigenvalue weighted by atomic mass is 32.1. The van der Waals surface area contributed by atoms with Gasteiger partial charge in [-0.05, 0) is 22.9 Å². The van der Waals surface area contributed by atoms with Crippen molar-refractivity contribution in [1.82, 2.24) is 5.32 Å². The molecule has 0 aliphatic carbocycles. The molecule has 4 N–H and O–H groups in total. The summed E-state index contributed by atoms with van der Waals surface area (Å²) in [5.41, 5.74) is 6.70. The van der Waals surface area contributed by atoms with Crippen molar-refractivity contribution in [2.75, 3.05) is 12.4 Å². The molecule has 0 aromatic carbocycles. The fourth-order valence-electron chi connectivity index (χ4n) is 1.42. The molecule has 3 amide bonds. The van der Waals surface area contributed by atoms with E-state index in [9.17, 15) is 9.59 Å². The molecule has 0 unspecified atom stereocenters. The topological polar surface area (TPSA) is 84.2 Å². The molecule has 2 heterocycles. The van der Waals surface area contributed by atoms with E-state index >= 15 is 0 Å². The summed E-state index contributed by atoms with van der Waals surface area (Å²) >= 11 is 2.86. The summed E-state index contributed by atoms with van der Waals surface area (Å²) in [5.74, 6) is -0.502. The second kappa shape index (κ2) is 5.19. The zero-order valence-electron chi connectivity index (χ0n) is 9.52. The SMILES string of the molecule is CNC(=O)Nc1cc(C(N)=O)c(-c2ccsc2)s1. The summed E-state index contributed by atoms with van der Waals surface area (Å²) in [6, 6.07) is 3.17. The third-order valence-electron chi connectivity index (χ3n) is 2.24. The number of carbonyl (C=O) groups excluding carboxylic acids is 2. The largest absolute Gasteiger partial charge is 0.366 e. The van der Waals surface area contributed by atoms with Crippen LogP contribution in [0.4, 0.5) is 9.80 Å². The van der Waals surface area contributed by atoms with E-state index < -0.39 is 5.91 Å². The molecule has 0 aliphatic rings. The predicted molar refractivity (Wildman–Crippen MR) is 74.2 cm³/mol. The number of nitrogens with one attached hydrogen (secondary N) is 2. The predicted octanol–water partition coefficient (Wildman–Crippen LogP) is 2.33. The molecule has 0 fully saturated rings. The maximum absolute atomic E-state index is 11.4. The Morgan fingerprint density at radius 3 is 2.72 bits per heavy atom.